The Labute approximate surface area is 336 Å². The molecule has 1 aromatic heterocycles. The van der Waals surface area contributed by atoms with Crippen LogP contribution in [0, 0.1) is 0 Å². The van der Waals surface area contributed by atoms with Crippen LogP contribution in [0.15, 0.2) is 89.7 Å². The van der Waals surface area contributed by atoms with Crippen molar-refractivity contribution in [2.75, 3.05) is 44.7 Å². The second-order valence-corrected chi connectivity index (χ2v) is 15.3. The molecule has 12 nitrogen and oxygen atoms in total. The number of unbranched alkanes of at least 4 members (excludes halogenated alkanes) is 1. The molecular formula is C44H48ClN5O7. The number of carbonyl (C=O) groups is 2. The summed E-state index contributed by atoms with van der Waals surface area (Å²) in [5.74, 6) is 0.0525. The van der Waals surface area contributed by atoms with Crippen molar-refractivity contribution in [1.82, 2.24) is 20.5 Å². The van der Waals surface area contributed by atoms with Gasteiger partial charge in [-0.15, -0.1) is 0 Å². The number of aromatic hydroxyl groups is 1. The maximum absolute atomic E-state index is 13.3. The van der Waals surface area contributed by atoms with Crippen molar-refractivity contribution in [2.45, 2.75) is 56.7 Å². The lowest BCUT2D eigenvalue weighted by atomic mass is 9.78. The first kappa shape index (κ1) is 39.8. The highest BCUT2D eigenvalue weighted by molar-refractivity contribution is 6.34. The van der Waals surface area contributed by atoms with Gasteiger partial charge >= 0.3 is 6.09 Å². The van der Waals surface area contributed by atoms with Crippen LogP contribution in [-0.4, -0.2) is 82.6 Å². The van der Waals surface area contributed by atoms with E-state index in [1.165, 1.54) is 19.2 Å². The number of rotatable bonds is 15. The van der Waals surface area contributed by atoms with Crippen molar-refractivity contribution >= 4 is 40.2 Å². The van der Waals surface area contributed by atoms with Crippen LogP contribution in [0.3, 0.4) is 0 Å². The Balaban J connectivity index is 0.956. The molecule has 1 unspecified atom stereocenters. The minimum atomic E-state index is -0.949. The summed E-state index contributed by atoms with van der Waals surface area (Å²) in [4.78, 5) is 44.7. The highest BCUT2D eigenvalue weighted by Crippen LogP contribution is 2.44. The van der Waals surface area contributed by atoms with Crippen LogP contribution in [0.1, 0.15) is 65.3 Å². The smallest absolute Gasteiger partial charge is 0.412 e. The molecular weight excluding hydrogens is 746 g/mol. The number of piperidine rings is 3. The highest BCUT2D eigenvalue weighted by atomic mass is 35.5. The Kier molecular flexibility index (Phi) is 12.2. The summed E-state index contributed by atoms with van der Waals surface area (Å²) < 4.78 is 5.59. The number of hydrogen-bond donors (Lipinski definition) is 6. The average Bonchev–Trinajstić information content (AvgIpc) is 3.22. The van der Waals surface area contributed by atoms with E-state index >= 15 is 0 Å². The number of H-pyrrole nitrogens is 1. The molecule has 2 bridgehead atoms. The third-order valence-corrected chi connectivity index (χ3v) is 11.8. The van der Waals surface area contributed by atoms with Crippen molar-refractivity contribution in [3.05, 3.63) is 123 Å². The van der Waals surface area contributed by atoms with Crippen molar-refractivity contribution in [3.63, 3.8) is 0 Å². The Morgan fingerprint density at radius 1 is 0.982 bits per heavy atom. The van der Waals surface area contributed by atoms with Gasteiger partial charge in [0.1, 0.15) is 11.5 Å². The van der Waals surface area contributed by atoms with Gasteiger partial charge < -0.3 is 40.6 Å². The number of aromatic nitrogens is 1. The molecule has 6 N–H and O–H groups in total. The first-order chi connectivity index (χ1) is 27.6. The quantitative estimate of drug-likeness (QED) is 0.0621. The van der Waals surface area contributed by atoms with Crippen LogP contribution in [-0.2, 0) is 13.0 Å². The van der Waals surface area contributed by atoms with Gasteiger partial charge in [-0.3, -0.25) is 14.5 Å². The molecule has 3 saturated heterocycles. The number of nitrogens with one attached hydrogen (secondary N) is 3. The SMILES string of the molecule is COc1cc(C(=O)NCCCCc2ccc(-c3ccccc3)c(N(C(=O)O)C34CCN(CC3)CC4)c2)c(Cl)cc1CNCC(O)c1ccc(O)c2[nH]c(=O)ccc12. The standard InChI is InChI=1S/C44H48ClN5O7/c1-57-39-25-34(35(45)24-30(39)26-46-27-38(52)32-12-14-37(51)41-33(32)13-15-40(53)48-41)42(54)47-19-6-5-7-28-10-11-31(29-8-3-2-4-9-29)36(23-28)50(43(55)56)44-16-20-49(21-17-44)22-18-44/h2-4,8-15,23-25,38,46,51-52H,5-7,16-22,26-27H2,1H3,(H,47,54)(H,48,53)(H,55,56). The number of methoxy groups -OCH3 is 1. The molecule has 13 heteroatoms. The van der Waals surface area contributed by atoms with Crippen LogP contribution in [0.4, 0.5) is 10.5 Å². The van der Waals surface area contributed by atoms with Gasteiger partial charge in [-0.05, 0) is 85.5 Å². The first-order valence-electron chi connectivity index (χ1n) is 19.4. The van der Waals surface area contributed by atoms with E-state index in [4.69, 9.17) is 16.3 Å². The number of aliphatic hydroxyl groups is 1. The van der Waals surface area contributed by atoms with Crippen LogP contribution in [0.25, 0.3) is 22.0 Å². The van der Waals surface area contributed by atoms with Crippen molar-refractivity contribution in [2.24, 2.45) is 0 Å². The second-order valence-electron chi connectivity index (χ2n) is 14.9. The van der Waals surface area contributed by atoms with E-state index < -0.39 is 17.7 Å². The maximum atomic E-state index is 13.3. The Morgan fingerprint density at radius 3 is 2.46 bits per heavy atom. The fourth-order valence-electron chi connectivity index (χ4n) is 8.34. The zero-order chi connectivity index (χ0) is 40.1. The molecule has 298 valence electrons. The lowest BCUT2D eigenvalue weighted by molar-refractivity contribution is 0.0783. The van der Waals surface area contributed by atoms with E-state index in [2.05, 4.69) is 26.6 Å². The number of amides is 2. The Hall–Kier alpha value is -5.40. The third kappa shape index (κ3) is 8.64. The number of anilines is 1. The fourth-order valence-corrected chi connectivity index (χ4v) is 8.61. The predicted octanol–water partition coefficient (Wildman–Crippen LogP) is 6.86. The van der Waals surface area contributed by atoms with E-state index in [1.807, 2.05) is 42.5 Å². The van der Waals surface area contributed by atoms with Crippen LogP contribution >= 0.6 is 11.6 Å². The predicted molar refractivity (Wildman–Crippen MR) is 222 cm³/mol. The summed E-state index contributed by atoms with van der Waals surface area (Å²) in [6.07, 6.45) is 2.81. The number of hydrogen-bond acceptors (Lipinski definition) is 8. The number of pyridine rings is 1. The third-order valence-electron chi connectivity index (χ3n) is 11.4. The number of carboxylic acid groups (broad SMARTS) is 1. The minimum absolute atomic E-state index is 0.0841. The van der Waals surface area contributed by atoms with Gasteiger partial charge in [-0.2, -0.15) is 0 Å². The number of phenols is 1. The van der Waals surface area contributed by atoms with Gasteiger partial charge in [0.2, 0.25) is 5.56 Å². The second kappa shape index (κ2) is 17.4. The number of phenolic OH excluding ortho intramolecular Hbond substituents is 1. The van der Waals surface area contributed by atoms with Crippen LogP contribution in [0.5, 0.6) is 11.5 Å². The summed E-state index contributed by atoms with van der Waals surface area (Å²) in [6.45, 7) is 3.59. The zero-order valence-electron chi connectivity index (χ0n) is 31.9. The molecule has 3 fully saturated rings. The normalized spacial score (nSPS) is 18.0. The average molecular weight is 794 g/mol. The molecule has 8 rings (SSSR count). The first-order valence-corrected chi connectivity index (χ1v) is 19.8. The van der Waals surface area contributed by atoms with Gasteiger partial charge in [0.15, 0.2) is 0 Å². The number of aryl methyl sites for hydroxylation is 1. The number of benzene rings is 4. The van der Waals surface area contributed by atoms with E-state index in [1.54, 1.807) is 29.2 Å². The van der Waals surface area contributed by atoms with Gasteiger partial charge in [0.25, 0.3) is 5.91 Å². The lowest BCUT2D eigenvalue weighted by Gasteiger charge is -2.53. The largest absolute Gasteiger partial charge is 0.506 e. The molecule has 0 saturated carbocycles. The molecule has 3 aliphatic rings. The van der Waals surface area contributed by atoms with Gasteiger partial charge in [0, 0.05) is 61.8 Å². The van der Waals surface area contributed by atoms with Crippen molar-refractivity contribution in [3.8, 4) is 22.6 Å². The Morgan fingerprint density at radius 2 is 1.74 bits per heavy atom. The maximum Gasteiger partial charge on any atom is 0.412 e. The number of carbonyl (C=O) groups excluding carboxylic acids is 1. The number of fused-ring (bicyclic) bond motifs is 4. The van der Waals surface area contributed by atoms with Crippen molar-refractivity contribution < 1.29 is 29.6 Å². The summed E-state index contributed by atoms with van der Waals surface area (Å²) in [5, 5.41) is 38.8. The topological polar surface area (TPSA) is 167 Å². The van der Waals surface area contributed by atoms with Crippen LogP contribution in [0.2, 0.25) is 5.02 Å². The zero-order valence-corrected chi connectivity index (χ0v) is 32.6. The number of halogens is 1. The number of aliphatic hydroxyl groups excluding tert-OH is 1. The van der Waals surface area contributed by atoms with E-state index in [0.717, 1.165) is 74.1 Å². The van der Waals surface area contributed by atoms with Gasteiger partial charge in [-0.25, -0.2) is 4.79 Å². The van der Waals surface area contributed by atoms with Crippen LogP contribution < -0.4 is 25.8 Å². The summed E-state index contributed by atoms with van der Waals surface area (Å²) in [7, 11) is 1.51. The minimum Gasteiger partial charge on any atom is -0.506 e. The molecule has 0 radical (unpaired) electrons. The fraction of sp³-hybridized carbons (Fsp3) is 0.341. The highest BCUT2D eigenvalue weighted by Gasteiger charge is 2.47. The van der Waals surface area contributed by atoms with Gasteiger partial charge in [0.05, 0.1) is 40.5 Å². The van der Waals surface area contributed by atoms with Gasteiger partial charge in [-0.1, -0.05) is 60.1 Å². The molecule has 3 aliphatic heterocycles. The molecule has 4 heterocycles. The monoisotopic (exact) mass is 793 g/mol. The van der Waals surface area contributed by atoms with E-state index in [-0.39, 0.29) is 46.4 Å². The molecule has 2 amide bonds. The summed E-state index contributed by atoms with van der Waals surface area (Å²) in [6, 6.07) is 25.3. The lowest BCUT2D eigenvalue weighted by Crippen LogP contribution is -2.62. The molecule has 0 spiro atoms. The molecule has 4 aromatic carbocycles. The molecule has 1 atom stereocenters. The van der Waals surface area contributed by atoms with E-state index in [0.29, 0.717) is 35.2 Å². The van der Waals surface area contributed by atoms with E-state index in [9.17, 15) is 29.7 Å². The number of ether oxygens (including phenoxy) is 1. The molecule has 0 aliphatic carbocycles. The molecule has 57 heavy (non-hydrogen) atoms. The summed E-state index contributed by atoms with van der Waals surface area (Å²) in [5.41, 5.74) is 4.67. The summed E-state index contributed by atoms with van der Waals surface area (Å²) >= 11 is 6.61. The number of nitrogens with zero attached hydrogens (tertiary/aromatic N) is 2. The molecule has 5 aromatic rings. The van der Waals surface area contributed by atoms with Crippen molar-refractivity contribution in [1.29, 1.82) is 0 Å². The Bertz CT molecular complexity index is 2290. The number of aromatic amines is 1.